The third-order valence-corrected chi connectivity index (χ3v) is 2.97. The second-order valence-electron chi connectivity index (χ2n) is 5.47. The van der Waals surface area contributed by atoms with E-state index in [-0.39, 0.29) is 11.7 Å². The van der Waals surface area contributed by atoms with Crippen molar-refractivity contribution in [2.24, 2.45) is 12.8 Å². The highest BCUT2D eigenvalue weighted by molar-refractivity contribution is 6.00. The summed E-state index contributed by atoms with van der Waals surface area (Å²) in [4.78, 5) is 12.1. The van der Waals surface area contributed by atoms with Gasteiger partial charge in [-0.25, -0.2) is 0 Å². The third-order valence-electron chi connectivity index (χ3n) is 2.97. The molecule has 1 amide bonds. The average molecular weight is 261 g/mol. The molecule has 0 saturated carbocycles. The van der Waals surface area contributed by atoms with Gasteiger partial charge in [-0.1, -0.05) is 12.1 Å². The zero-order chi connectivity index (χ0) is 14.2. The maximum absolute atomic E-state index is 12.1. The third kappa shape index (κ3) is 2.71. The quantitative estimate of drug-likeness (QED) is 0.780. The molecule has 1 aromatic heterocycles. The van der Waals surface area contributed by atoms with E-state index in [4.69, 9.17) is 5.73 Å². The summed E-state index contributed by atoms with van der Waals surface area (Å²) in [5, 5.41) is 13.5. The molecule has 1 heterocycles. The molecule has 19 heavy (non-hydrogen) atoms. The number of aryl methyl sites for hydroxylation is 1. The van der Waals surface area contributed by atoms with Crippen LogP contribution < -0.4 is 11.1 Å². The van der Waals surface area contributed by atoms with Crippen molar-refractivity contribution >= 4 is 16.8 Å². The van der Waals surface area contributed by atoms with Crippen LogP contribution in [0.5, 0.6) is 5.75 Å². The van der Waals surface area contributed by atoms with E-state index >= 15 is 0 Å². The Morgan fingerprint density at radius 2 is 2.16 bits per heavy atom. The van der Waals surface area contributed by atoms with Gasteiger partial charge in [0.1, 0.15) is 11.4 Å². The van der Waals surface area contributed by atoms with Crippen LogP contribution in [0.2, 0.25) is 0 Å². The van der Waals surface area contributed by atoms with Crippen LogP contribution in [-0.2, 0) is 7.05 Å². The van der Waals surface area contributed by atoms with Crippen LogP contribution in [-0.4, -0.2) is 27.7 Å². The summed E-state index contributed by atoms with van der Waals surface area (Å²) in [7, 11) is 1.75. The number of aromatic hydroxyl groups is 1. The predicted molar refractivity (Wildman–Crippen MR) is 75.2 cm³/mol. The summed E-state index contributed by atoms with van der Waals surface area (Å²) in [5.41, 5.74) is 6.53. The highest BCUT2D eigenvalue weighted by Crippen LogP contribution is 2.26. The topological polar surface area (TPSA) is 80.3 Å². The van der Waals surface area contributed by atoms with Crippen molar-refractivity contribution in [2.45, 2.75) is 19.4 Å². The lowest BCUT2D eigenvalue weighted by Crippen LogP contribution is -2.45. The van der Waals surface area contributed by atoms with E-state index in [9.17, 15) is 9.90 Å². The molecule has 0 unspecified atom stereocenters. The molecule has 4 N–H and O–H groups in total. The van der Waals surface area contributed by atoms with Crippen molar-refractivity contribution in [3.63, 3.8) is 0 Å². The van der Waals surface area contributed by atoms with Gasteiger partial charge in [-0.2, -0.15) is 0 Å². The summed E-state index contributed by atoms with van der Waals surface area (Å²) < 4.78 is 1.68. The SMILES string of the molecule is Cn1c(C(=O)NCC(C)(C)N)cc2cccc(O)c21. The molecule has 0 spiro atoms. The van der Waals surface area contributed by atoms with E-state index in [2.05, 4.69) is 5.32 Å². The van der Waals surface area contributed by atoms with E-state index in [0.717, 1.165) is 5.39 Å². The minimum Gasteiger partial charge on any atom is -0.506 e. The van der Waals surface area contributed by atoms with Crippen molar-refractivity contribution in [1.82, 2.24) is 9.88 Å². The second kappa shape index (κ2) is 4.59. The number of phenolic OH excluding ortho intramolecular Hbond substituents is 1. The van der Waals surface area contributed by atoms with Crippen molar-refractivity contribution in [2.75, 3.05) is 6.54 Å². The number of carbonyl (C=O) groups excluding carboxylic acids is 1. The molecule has 2 rings (SSSR count). The Morgan fingerprint density at radius 3 is 2.74 bits per heavy atom. The number of amides is 1. The molecule has 5 nitrogen and oxygen atoms in total. The molecule has 5 heteroatoms. The minimum atomic E-state index is -0.456. The number of fused-ring (bicyclic) bond motifs is 1. The van der Waals surface area contributed by atoms with Crippen LogP contribution in [0.4, 0.5) is 0 Å². The largest absolute Gasteiger partial charge is 0.506 e. The molecular weight excluding hydrogens is 242 g/mol. The van der Waals surface area contributed by atoms with Crippen molar-refractivity contribution in [3.8, 4) is 5.75 Å². The molecule has 0 saturated heterocycles. The molecule has 0 atom stereocenters. The summed E-state index contributed by atoms with van der Waals surface area (Å²) in [6.45, 7) is 4.08. The normalized spacial score (nSPS) is 11.8. The molecule has 0 aliphatic heterocycles. The lowest BCUT2D eigenvalue weighted by molar-refractivity contribution is 0.0938. The number of aromatic nitrogens is 1. The Balaban J connectivity index is 2.33. The summed E-state index contributed by atoms with van der Waals surface area (Å²) in [5.74, 6) is -0.0326. The Labute approximate surface area is 112 Å². The van der Waals surface area contributed by atoms with Gasteiger partial charge in [0.15, 0.2) is 0 Å². The van der Waals surface area contributed by atoms with Crippen molar-refractivity contribution in [3.05, 3.63) is 30.0 Å². The molecule has 1 aromatic carbocycles. The van der Waals surface area contributed by atoms with Crippen LogP contribution in [0.1, 0.15) is 24.3 Å². The van der Waals surface area contributed by atoms with E-state index < -0.39 is 5.54 Å². The van der Waals surface area contributed by atoms with Crippen molar-refractivity contribution < 1.29 is 9.90 Å². The number of rotatable bonds is 3. The minimum absolute atomic E-state index is 0.165. The predicted octanol–water partition coefficient (Wildman–Crippen LogP) is 1.35. The Kier molecular flexibility index (Phi) is 3.24. The molecule has 0 bridgehead atoms. The first-order valence-electron chi connectivity index (χ1n) is 6.14. The van der Waals surface area contributed by atoms with Gasteiger partial charge < -0.3 is 20.7 Å². The number of nitrogens with two attached hydrogens (primary N) is 1. The standard InChI is InChI=1S/C14H19N3O2/c1-14(2,15)8-16-13(19)10-7-9-5-4-6-11(18)12(9)17(10)3/h4-7,18H,8,15H2,1-3H3,(H,16,19). The number of nitrogens with one attached hydrogen (secondary N) is 1. The Morgan fingerprint density at radius 1 is 1.47 bits per heavy atom. The lowest BCUT2D eigenvalue weighted by atomic mass is 10.1. The van der Waals surface area contributed by atoms with Crippen LogP contribution in [0.15, 0.2) is 24.3 Å². The number of hydrogen-bond donors (Lipinski definition) is 3. The number of para-hydroxylation sites is 1. The number of phenols is 1. The molecule has 0 aliphatic carbocycles. The van der Waals surface area contributed by atoms with Crippen LogP contribution >= 0.6 is 0 Å². The Bertz CT molecular complexity index is 623. The molecule has 0 radical (unpaired) electrons. The smallest absolute Gasteiger partial charge is 0.267 e. The summed E-state index contributed by atoms with van der Waals surface area (Å²) in [6, 6.07) is 6.97. The van der Waals surface area contributed by atoms with Gasteiger partial charge in [0.25, 0.3) is 5.91 Å². The van der Waals surface area contributed by atoms with Crippen molar-refractivity contribution in [1.29, 1.82) is 0 Å². The van der Waals surface area contributed by atoms with Gasteiger partial charge in [-0.15, -0.1) is 0 Å². The van der Waals surface area contributed by atoms with Gasteiger partial charge in [0, 0.05) is 24.5 Å². The van der Waals surface area contributed by atoms with Gasteiger partial charge in [0.2, 0.25) is 0 Å². The molecular formula is C14H19N3O2. The molecule has 102 valence electrons. The Hall–Kier alpha value is -2.01. The summed E-state index contributed by atoms with van der Waals surface area (Å²) in [6.07, 6.45) is 0. The van der Waals surface area contributed by atoms with Gasteiger partial charge in [-0.3, -0.25) is 4.79 Å². The number of nitrogens with zero attached hydrogens (tertiary/aromatic N) is 1. The zero-order valence-corrected chi connectivity index (χ0v) is 11.4. The lowest BCUT2D eigenvalue weighted by Gasteiger charge is -2.18. The molecule has 2 aromatic rings. The van der Waals surface area contributed by atoms with Gasteiger partial charge in [0.05, 0.1) is 5.52 Å². The second-order valence-corrected chi connectivity index (χ2v) is 5.47. The molecule has 0 aliphatic rings. The first-order chi connectivity index (χ1) is 8.79. The van der Waals surface area contributed by atoms with E-state index in [0.29, 0.717) is 17.8 Å². The fraction of sp³-hybridized carbons (Fsp3) is 0.357. The fourth-order valence-corrected chi connectivity index (χ4v) is 2.01. The zero-order valence-electron chi connectivity index (χ0n) is 11.4. The van der Waals surface area contributed by atoms with E-state index in [1.165, 1.54) is 0 Å². The van der Waals surface area contributed by atoms with Crippen LogP contribution in [0.3, 0.4) is 0 Å². The summed E-state index contributed by atoms with van der Waals surface area (Å²) >= 11 is 0. The molecule has 0 fully saturated rings. The van der Waals surface area contributed by atoms with E-state index in [1.807, 2.05) is 19.9 Å². The van der Waals surface area contributed by atoms with Crippen LogP contribution in [0.25, 0.3) is 10.9 Å². The maximum Gasteiger partial charge on any atom is 0.267 e. The highest BCUT2D eigenvalue weighted by Gasteiger charge is 2.17. The van der Waals surface area contributed by atoms with Gasteiger partial charge in [-0.05, 0) is 26.0 Å². The van der Waals surface area contributed by atoms with Gasteiger partial charge >= 0.3 is 0 Å². The highest BCUT2D eigenvalue weighted by atomic mass is 16.3. The number of benzene rings is 1. The number of hydrogen-bond acceptors (Lipinski definition) is 3. The van der Waals surface area contributed by atoms with E-state index in [1.54, 1.807) is 29.8 Å². The fourth-order valence-electron chi connectivity index (χ4n) is 2.01. The first-order valence-corrected chi connectivity index (χ1v) is 6.14. The first kappa shape index (κ1) is 13.4. The average Bonchev–Trinajstić information content (AvgIpc) is 2.64. The monoisotopic (exact) mass is 261 g/mol. The van der Waals surface area contributed by atoms with Crippen LogP contribution in [0, 0.1) is 0 Å². The number of carbonyl (C=O) groups is 1. The maximum atomic E-state index is 12.1.